The fourth-order valence-corrected chi connectivity index (χ4v) is 2.30. The van der Waals surface area contributed by atoms with Crippen molar-refractivity contribution in [3.8, 4) is 11.8 Å². The van der Waals surface area contributed by atoms with E-state index in [1.807, 2.05) is 12.1 Å². The van der Waals surface area contributed by atoms with Gasteiger partial charge < -0.3 is 15.4 Å². The third-order valence-corrected chi connectivity index (χ3v) is 3.80. The van der Waals surface area contributed by atoms with Gasteiger partial charge in [0, 0.05) is 18.4 Å². The fraction of sp³-hybridized carbons (Fsp3) is 0.200. The summed E-state index contributed by atoms with van der Waals surface area (Å²) in [5.41, 5.74) is 0.0276. The first kappa shape index (κ1) is 20.8. The molecule has 0 unspecified atom stereocenters. The van der Waals surface area contributed by atoms with E-state index in [1.54, 1.807) is 25.3 Å². The number of benzene rings is 2. The van der Waals surface area contributed by atoms with Gasteiger partial charge in [0.05, 0.1) is 12.7 Å². The molecular weight excluding hydrogens is 371 g/mol. The van der Waals surface area contributed by atoms with Gasteiger partial charge in [-0.15, -0.1) is 0 Å². The molecule has 0 spiro atoms. The minimum absolute atomic E-state index is 0.119. The molecule has 0 heterocycles. The number of alkyl halides is 3. The van der Waals surface area contributed by atoms with Gasteiger partial charge in [-0.2, -0.15) is 18.4 Å². The number of amides is 1. The number of rotatable bonds is 7. The molecule has 2 aromatic carbocycles. The van der Waals surface area contributed by atoms with Gasteiger partial charge in [0.25, 0.3) is 5.91 Å². The van der Waals surface area contributed by atoms with Crippen LogP contribution < -0.4 is 15.4 Å². The Kier molecular flexibility index (Phi) is 7.04. The van der Waals surface area contributed by atoms with Crippen molar-refractivity contribution in [3.05, 3.63) is 71.4 Å². The lowest BCUT2D eigenvalue weighted by Crippen LogP contribution is -2.27. The number of halogens is 3. The Labute approximate surface area is 160 Å². The first-order valence-corrected chi connectivity index (χ1v) is 8.28. The van der Waals surface area contributed by atoms with Crippen molar-refractivity contribution in [2.24, 2.45) is 0 Å². The van der Waals surface area contributed by atoms with Crippen LogP contribution in [0.4, 0.5) is 18.9 Å². The van der Waals surface area contributed by atoms with Gasteiger partial charge >= 0.3 is 6.18 Å². The highest BCUT2D eigenvalue weighted by Crippen LogP contribution is 2.30. The molecular formula is C20H18F3N3O2. The molecule has 0 aliphatic carbocycles. The molecule has 2 N–H and O–H groups in total. The Hall–Kier alpha value is -3.47. The number of nitrogens with one attached hydrogen (secondary N) is 2. The number of carbonyl (C=O) groups is 1. The number of methoxy groups -OCH3 is 1. The third kappa shape index (κ3) is 6.06. The van der Waals surface area contributed by atoms with Crippen LogP contribution in [0, 0.1) is 11.3 Å². The molecule has 0 aliphatic rings. The Morgan fingerprint density at radius 1 is 1.21 bits per heavy atom. The van der Waals surface area contributed by atoms with Gasteiger partial charge in [-0.3, -0.25) is 4.79 Å². The second-order valence-electron chi connectivity index (χ2n) is 5.75. The lowest BCUT2D eigenvalue weighted by molar-refractivity contribution is -0.137. The number of ether oxygens (including phenoxy) is 1. The van der Waals surface area contributed by atoms with Crippen LogP contribution in [-0.2, 0) is 17.4 Å². The predicted octanol–water partition coefficient (Wildman–Crippen LogP) is 3.89. The largest absolute Gasteiger partial charge is 0.497 e. The molecule has 0 radical (unpaired) electrons. The summed E-state index contributed by atoms with van der Waals surface area (Å²) >= 11 is 0. The Morgan fingerprint density at radius 3 is 2.54 bits per heavy atom. The molecule has 0 atom stereocenters. The molecule has 0 fully saturated rings. The van der Waals surface area contributed by atoms with E-state index in [0.29, 0.717) is 13.0 Å². The highest BCUT2D eigenvalue weighted by molar-refractivity contribution is 5.97. The van der Waals surface area contributed by atoms with Crippen molar-refractivity contribution in [1.82, 2.24) is 5.32 Å². The van der Waals surface area contributed by atoms with Crippen molar-refractivity contribution in [1.29, 1.82) is 5.26 Å². The van der Waals surface area contributed by atoms with Crippen LogP contribution in [0.25, 0.3) is 0 Å². The second-order valence-corrected chi connectivity index (χ2v) is 5.75. The number of nitriles is 1. The maximum atomic E-state index is 12.7. The lowest BCUT2D eigenvalue weighted by Gasteiger charge is -2.09. The number of nitrogens with zero attached hydrogens (tertiary/aromatic N) is 1. The molecule has 0 aliphatic heterocycles. The zero-order chi connectivity index (χ0) is 20.6. The Balaban J connectivity index is 1.92. The van der Waals surface area contributed by atoms with Crippen molar-refractivity contribution in [2.75, 3.05) is 19.0 Å². The van der Waals surface area contributed by atoms with E-state index >= 15 is 0 Å². The number of hydrogen-bond donors (Lipinski definition) is 2. The van der Waals surface area contributed by atoms with Gasteiger partial charge in [-0.1, -0.05) is 18.2 Å². The molecule has 8 heteroatoms. The second kappa shape index (κ2) is 9.46. The van der Waals surface area contributed by atoms with Crippen LogP contribution in [-0.4, -0.2) is 19.6 Å². The SMILES string of the molecule is COc1ccc(CCNC(=O)/C(C#N)=C\Nc2cccc(C(F)(F)F)c2)cc1. The summed E-state index contributed by atoms with van der Waals surface area (Å²) in [6.45, 7) is 0.299. The highest BCUT2D eigenvalue weighted by Gasteiger charge is 2.30. The molecule has 2 aromatic rings. The van der Waals surface area contributed by atoms with Gasteiger partial charge in [-0.05, 0) is 42.3 Å². The maximum Gasteiger partial charge on any atom is 0.416 e. The first-order chi connectivity index (χ1) is 13.3. The number of hydrogen-bond acceptors (Lipinski definition) is 4. The van der Waals surface area contributed by atoms with Crippen LogP contribution in [0.1, 0.15) is 11.1 Å². The van der Waals surface area contributed by atoms with Crippen molar-refractivity contribution in [2.45, 2.75) is 12.6 Å². The normalized spacial score (nSPS) is 11.5. The summed E-state index contributed by atoms with van der Waals surface area (Å²) in [4.78, 5) is 12.1. The number of carbonyl (C=O) groups excluding carboxylic acids is 1. The van der Waals surface area contributed by atoms with Crippen LogP contribution in [0.15, 0.2) is 60.3 Å². The molecule has 146 valence electrons. The van der Waals surface area contributed by atoms with Crippen LogP contribution in [0.3, 0.4) is 0 Å². The smallest absolute Gasteiger partial charge is 0.416 e. The first-order valence-electron chi connectivity index (χ1n) is 8.28. The van der Waals surface area contributed by atoms with E-state index in [0.717, 1.165) is 29.6 Å². The molecule has 0 saturated heterocycles. The lowest BCUT2D eigenvalue weighted by atomic mass is 10.1. The molecule has 5 nitrogen and oxygen atoms in total. The molecule has 0 saturated carbocycles. The van der Waals surface area contributed by atoms with E-state index in [1.165, 1.54) is 12.1 Å². The Bertz CT molecular complexity index is 885. The van der Waals surface area contributed by atoms with Crippen LogP contribution >= 0.6 is 0 Å². The fourth-order valence-electron chi connectivity index (χ4n) is 2.30. The summed E-state index contributed by atoms with van der Waals surface area (Å²) in [6, 6.07) is 13.5. The average Bonchev–Trinajstić information content (AvgIpc) is 2.68. The van der Waals surface area contributed by atoms with E-state index in [4.69, 9.17) is 10.00 Å². The Morgan fingerprint density at radius 2 is 1.93 bits per heavy atom. The standard InChI is InChI=1S/C20H18F3N3O2/c1-28-18-7-5-14(6-8-18)9-10-25-19(27)15(12-24)13-26-17-4-2-3-16(11-17)20(21,22)23/h2-8,11,13,26H,9-10H2,1H3,(H,25,27)/b15-13-. The molecule has 0 aromatic heterocycles. The quantitative estimate of drug-likeness (QED) is 0.557. The molecule has 1 amide bonds. The van der Waals surface area contributed by atoms with E-state index in [-0.39, 0.29) is 11.3 Å². The monoisotopic (exact) mass is 389 g/mol. The summed E-state index contributed by atoms with van der Waals surface area (Å²) in [7, 11) is 1.57. The van der Waals surface area contributed by atoms with Crippen LogP contribution in [0.5, 0.6) is 5.75 Å². The minimum atomic E-state index is -4.47. The zero-order valence-electron chi connectivity index (χ0n) is 15.0. The van der Waals surface area contributed by atoms with Crippen molar-refractivity contribution in [3.63, 3.8) is 0 Å². The van der Waals surface area contributed by atoms with E-state index in [2.05, 4.69) is 10.6 Å². The topological polar surface area (TPSA) is 74.1 Å². The summed E-state index contributed by atoms with van der Waals surface area (Å²) < 4.78 is 43.2. The molecule has 28 heavy (non-hydrogen) atoms. The van der Waals surface area contributed by atoms with Crippen molar-refractivity contribution >= 4 is 11.6 Å². The highest BCUT2D eigenvalue weighted by atomic mass is 19.4. The molecule has 0 bridgehead atoms. The minimum Gasteiger partial charge on any atom is -0.497 e. The van der Waals surface area contributed by atoms with E-state index < -0.39 is 17.6 Å². The van der Waals surface area contributed by atoms with Crippen LogP contribution in [0.2, 0.25) is 0 Å². The average molecular weight is 389 g/mol. The van der Waals surface area contributed by atoms with Gasteiger partial charge in [-0.25, -0.2) is 0 Å². The van der Waals surface area contributed by atoms with Gasteiger partial charge in [0.1, 0.15) is 17.4 Å². The van der Waals surface area contributed by atoms with E-state index in [9.17, 15) is 18.0 Å². The predicted molar refractivity (Wildman–Crippen MR) is 98.5 cm³/mol. The van der Waals surface area contributed by atoms with Gasteiger partial charge in [0.15, 0.2) is 0 Å². The van der Waals surface area contributed by atoms with Gasteiger partial charge in [0.2, 0.25) is 0 Å². The summed E-state index contributed by atoms with van der Waals surface area (Å²) in [6.07, 6.45) is -2.84. The summed E-state index contributed by atoms with van der Waals surface area (Å²) in [5.74, 6) is 0.110. The zero-order valence-corrected chi connectivity index (χ0v) is 15.0. The van der Waals surface area contributed by atoms with Crippen molar-refractivity contribution < 1.29 is 22.7 Å². The number of anilines is 1. The molecule has 2 rings (SSSR count). The third-order valence-electron chi connectivity index (χ3n) is 3.80. The summed E-state index contributed by atoms with van der Waals surface area (Å²) in [5, 5.41) is 14.3. The maximum absolute atomic E-state index is 12.7.